The Balaban J connectivity index is 2.46. The summed E-state index contributed by atoms with van der Waals surface area (Å²) in [5, 5.41) is 2.96. The van der Waals surface area contributed by atoms with E-state index in [1.807, 2.05) is 23.8 Å². The maximum atomic E-state index is 11.9. The Bertz CT molecular complexity index is 371. The van der Waals surface area contributed by atoms with Crippen LogP contribution in [0.5, 0.6) is 0 Å². The molecule has 1 N–H and O–H groups in total. The minimum atomic E-state index is 0.0151. The van der Waals surface area contributed by atoms with Crippen LogP contribution < -0.4 is 5.32 Å². The number of carbonyl (C=O) groups is 1. The van der Waals surface area contributed by atoms with Crippen LogP contribution in [0, 0.1) is 5.92 Å². The molecular weight excluding hydrogens is 280 g/mol. The SMILES string of the molecule is CCn1cc(Br)cc1C(=O)NCCCC(C)C. The quantitative estimate of drug-likeness (QED) is 0.802. The van der Waals surface area contributed by atoms with Crippen LogP contribution in [-0.2, 0) is 6.54 Å². The number of halogens is 1. The smallest absolute Gasteiger partial charge is 0.267 e. The molecule has 0 radical (unpaired) electrons. The lowest BCUT2D eigenvalue weighted by molar-refractivity contribution is 0.0943. The molecule has 4 heteroatoms. The molecule has 0 spiro atoms. The summed E-state index contributed by atoms with van der Waals surface area (Å²) in [4.78, 5) is 11.9. The van der Waals surface area contributed by atoms with Crippen molar-refractivity contribution in [3.8, 4) is 0 Å². The molecule has 0 aliphatic heterocycles. The molecule has 0 fully saturated rings. The van der Waals surface area contributed by atoms with Gasteiger partial charge in [-0.2, -0.15) is 0 Å². The predicted octanol–water partition coefficient (Wildman–Crippen LogP) is 3.44. The summed E-state index contributed by atoms with van der Waals surface area (Å²) in [6.45, 7) is 7.98. The first-order valence-corrected chi connectivity index (χ1v) is 6.97. The highest BCUT2D eigenvalue weighted by molar-refractivity contribution is 9.10. The average molecular weight is 301 g/mol. The van der Waals surface area contributed by atoms with Gasteiger partial charge in [0.2, 0.25) is 0 Å². The molecule has 1 rings (SSSR count). The minimum absolute atomic E-state index is 0.0151. The Labute approximate surface area is 112 Å². The lowest BCUT2D eigenvalue weighted by atomic mass is 10.1. The molecule has 3 nitrogen and oxygen atoms in total. The van der Waals surface area contributed by atoms with Gasteiger partial charge >= 0.3 is 0 Å². The molecule has 0 atom stereocenters. The summed E-state index contributed by atoms with van der Waals surface area (Å²) in [6, 6.07) is 1.86. The molecule has 96 valence electrons. The van der Waals surface area contributed by atoms with E-state index in [0.717, 1.165) is 36.1 Å². The third-order valence-electron chi connectivity index (χ3n) is 2.68. The summed E-state index contributed by atoms with van der Waals surface area (Å²) in [5.41, 5.74) is 0.726. The first-order chi connectivity index (χ1) is 8.04. The Morgan fingerprint density at radius 3 is 2.82 bits per heavy atom. The van der Waals surface area contributed by atoms with Crippen molar-refractivity contribution < 1.29 is 4.79 Å². The molecule has 0 aliphatic carbocycles. The third kappa shape index (κ3) is 4.54. The van der Waals surface area contributed by atoms with Crippen molar-refractivity contribution in [1.29, 1.82) is 0 Å². The van der Waals surface area contributed by atoms with Gasteiger partial charge in [0.15, 0.2) is 0 Å². The predicted molar refractivity (Wildman–Crippen MR) is 74.2 cm³/mol. The van der Waals surface area contributed by atoms with Gasteiger partial charge in [-0.05, 0) is 47.7 Å². The second-order valence-electron chi connectivity index (χ2n) is 4.62. The molecule has 1 heterocycles. The van der Waals surface area contributed by atoms with Crippen LogP contribution in [0.15, 0.2) is 16.7 Å². The maximum absolute atomic E-state index is 11.9. The summed E-state index contributed by atoms with van der Waals surface area (Å²) < 4.78 is 2.90. The van der Waals surface area contributed by atoms with Crippen LogP contribution >= 0.6 is 15.9 Å². The molecule has 17 heavy (non-hydrogen) atoms. The fourth-order valence-electron chi connectivity index (χ4n) is 1.73. The zero-order valence-corrected chi connectivity index (χ0v) is 12.4. The maximum Gasteiger partial charge on any atom is 0.267 e. The molecule has 1 aromatic rings. The number of hydrogen-bond acceptors (Lipinski definition) is 1. The highest BCUT2D eigenvalue weighted by Gasteiger charge is 2.11. The number of rotatable bonds is 6. The number of hydrogen-bond donors (Lipinski definition) is 1. The van der Waals surface area contributed by atoms with Crippen LogP contribution in [0.3, 0.4) is 0 Å². The third-order valence-corrected chi connectivity index (χ3v) is 3.11. The van der Waals surface area contributed by atoms with Crippen LogP contribution in [0.25, 0.3) is 0 Å². The number of aromatic nitrogens is 1. The highest BCUT2D eigenvalue weighted by atomic mass is 79.9. The van der Waals surface area contributed by atoms with E-state index in [-0.39, 0.29) is 5.91 Å². The summed E-state index contributed by atoms with van der Waals surface area (Å²) in [5.74, 6) is 0.710. The Kier molecular flexibility index (Phi) is 5.75. The first-order valence-electron chi connectivity index (χ1n) is 6.18. The lowest BCUT2D eigenvalue weighted by Crippen LogP contribution is -2.26. The average Bonchev–Trinajstić information content (AvgIpc) is 2.65. The summed E-state index contributed by atoms with van der Waals surface area (Å²) in [6.07, 6.45) is 4.12. The van der Waals surface area contributed by atoms with Crippen molar-refractivity contribution in [3.63, 3.8) is 0 Å². The van der Waals surface area contributed by atoms with E-state index in [1.165, 1.54) is 0 Å². The molecular formula is C13H21BrN2O. The largest absolute Gasteiger partial charge is 0.351 e. The number of carbonyl (C=O) groups excluding carboxylic acids is 1. The van der Waals surface area contributed by atoms with Crippen molar-refractivity contribution in [2.24, 2.45) is 5.92 Å². The van der Waals surface area contributed by atoms with Crippen LogP contribution in [0.2, 0.25) is 0 Å². The van der Waals surface area contributed by atoms with Crippen LogP contribution in [0.1, 0.15) is 44.1 Å². The van der Waals surface area contributed by atoms with Gasteiger partial charge in [0.05, 0.1) is 0 Å². The van der Waals surface area contributed by atoms with E-state index in [0.29, 0.717) is 5.92 Å². The van der Waals surface area contributed by atoms with Gasteiger partial charge < -0.3 is 9.88 Å². The van der Waals surface area contributed by atoms with E-state index >= 15 is 0 Å². The van der Waals surface area contributed by atoms with E-state index in [2.05, 4.69) is 35.1 Å². The molecule has 0 aliphatic rings. The van der Waals surface area contributed by atoms with Crippen molar-refractivity contribution in [2.75, 3.05) is 6.54 Å². The van der Waals surface area contributed by atoms with Crippen molar-refractivity contribution >= 4 is 21.8 Å². The fraction of sp³-hybridized carbons (Fsp3) is 0.615. The second kappa shape index (κ2) is 6.84. The van der Waals surface area contributed by atoms with Gasteiger partial charge in [0.25, 0.3) is 5.91 Å². The zero-order valence-electron chi connectivity index (χ0n) is 10.8. The molecule has 1 aromatic heterocycles. The first kappa shape index (κ1) is 14.3. The molecule has 1 amide bonds. The van der Waals surface area contributed by atoms with E-state index in [9.17, 15) is 4.79 Å². The summed E-state index contributed by atoms with van der Waals surface area (Å²) >= 11 is 3.39. The molecule has 0 aromatic carbocycles. The lowest BCUT2D eigenvalue weighted by Gasteiger charge is -2.08. The monoisotopic (exact) mass is 300 g/mol. The summed E-state index contributed by atoms with van der Waals surface area (Å²) in [7, 11) is 0. The van der Waals surface area contributed by atoms with Gasteiger partial charge in [-0.3, -0.25) is 4.79 Å². The zero-order chi connectivity index (χ0) is 12.8. The fourth-order valence-corrected chi connectivity index (χ4v) is 2.19. The Morgan fingerprint density at radius 2 is 2.24 bits per heavy atom. The van der Waals surface area contributed by atoms with E-state index in [4.69, 9.17) is 0 Å². The van der Waals surface area contributed by atoms with Crippen molar-refractivity contribution in [3.05, 3.63) is 22.4 Å². The number of nitrogens with zero attached hydrogens (tertiary/aromatic N) is 1. The second-order valence-corrected chi connectivity index (χ2v) is 5.54. The van der Waals surface area contributed by atoms with Crippen molar-refractivity contribution in [2.45, 2.75) is 40.2 Å². The van der Waals surface area contributed by atoms with E-state index in [1.54, 1.807) is 0 Å². The Morgan fingerprint density at radius 1 is 1.53 bits per heavy atom. The van der Waals surface area contributed by atoms with Gasteiger partial charge in [0, 0.05) is 23.8 Å². The van der Waals surface area contributed by atoms with Gasteiger partial charge in [0.1, 0.15) is 5.69 Å². The highest BCUT2D eigenvalue weighted by Crippen LogP contribution is 2.14. The standard InChI is InChI=1S/C13H21BrN2O/c1-4-16-9-11(14)8-12(16)13(17)15-7-5-6-10(2)3/h8-10H,4-7H2,1-3H3,(H,15,17). The number of aryl methyl sites for hydroxylation is 1. The molecule has 0 saturated carbocycles. The topological polar surface area (TPSA) is 34.0 Å². The number of nitrogens with one attached hydrogen (secondary N) is 1. The molecule has 0 unspecified atom stereocenters. The van der Waals surface area contributed by atoms with E-state index < -0.39 is 0 Å². The normalized spacial score (nSPS) is 10.9. The van der Waals surface area contributed by atoms with Gasteiger partial charge in [-0.15, -0.1) is 0 Å². The minimum Gasteiger partial charge on any atom is -0.351 e. The van der Waals surface area contributed by atoms with Gasteiger partial charge in [-0.25, -0.2) is 0 Å². The van der Waals surface area contributed by atoms with Crippen LogP contribution in [0.4, 0.5) is 0 Å². The van der Waals surface area contributed by atoms with Crippen LogP contribution in [-0.4, -0.2) is 17.0 Å². The van der Waals surface area contributed by atoms with Gasteiger partial charge in [-0.1, -0.05) is 13.8 Å². The van der Waals surface area contributed by atoms with Crippen molar-refractivity contribution in [1.82, 2.24) is 9.88 Å². The number of amides is 1. The Hall–Kier alpha value is -0.770. The molecule has 0 bridgehead atoms. The molecule has 0 saturated heterocycles.